The molecule has 1 saturated heterocycles. The maximum Gasteiger partial charge on any atom is 0.222 e. The van der Waals surface area contributed by atoms with Gasteiger partial charge < -0.3 is 10.6 Å². The van der Waals surface area contributed by atoms with E-state index in [9.17, 15) is 9.59 Å². The number of benzene rings is 1. The molecule has 1 aliphatic rings. The molecule has 22 heavy (non-hydrogen) atoms. The number of nitrogens with two attached hydrogens (primary N) is 1. The van der Waals surface area contributed by atoms with Crippen LogP contribution >= 0.6 is 0 Å². The molecule has 2 rings (SSSR count). The van der Waals surface area contributed by atoms with Gasteiger partial charge in [-0.1, -0.05) is 37.3 Å². The topological polar surface area (TPSA) is 63.4 Å². The number of amides is 2. The molecule has 2 unspecified atom stereocenters. The predicted molar refractivity (Wildman–Crippen MR) is 87.0 cm³/mol. The first kappa shape index (κ1) is 16.5. The second kappa shape index (κ2) is 7.97. The van der Waals surface area contributed by atoms with E-state index in [2.05, 4.69) is 19.1 Å². The molecule has 1 aromatic carbocycles. The van der Waals surface area contributed by atoms with Gasteiger partial charge in [-0.05, 0) is 37.2 Å². The van der Waals surface area contributed by atoms with E-state index < -0.39 is 0 Å². The van der Waals surface area contributed by atoms with Crippen LogP contribution in [0.5, 0.6) is 0 Å². The maximum absolute atomic E-state index is 12.4. The minimum atomic E-state index is -0.283. The molecule has 1 heterocycles. The number of carbonyl (C=O) groups excluding carboxylic acids is 2. The average Bonchev–Trinajstić information content (AvgIpc) is 2.54. The van der Waals surface area contributed by atoms with Crippen LogP contribution in [0.4, 0.5) is 0 Å². The van der Waals surface area contributed by atoms with Gasteiger partial charge in [-0.3, -0.25) is 9.59 Å². The highest BCUT2D eigenvalue weighted by atomic mass is 16.2. The van der Waals surface area contributed by atoms with Gasteiger partial charge in [0, 0.05) is 19.5 Å². The van der Waals surface area contributed by atoms with E-state index in [-0.39, 0.29) is 17.7 Å². The van der Waals surface area contributed by atoms with Crippen LogP contribution in [0, 0.1) is 11.8 Å². The van der Waals surface area contributed by atoms with Crippen LogP contribution < -0.4 is 5.73 Å². The Hall–Kier alpha value is -1.84. The quantitative estimate of drug-likeness (QED) is 0.877. The molecular formula is C18H26N2O2. The predicted octanol–water partition coefficient (Wildman–Crippen LogP) is 2.37. The number of rotatable bonds is 6. The van der Waals surface area contributed by atoms with Crippen molar-refractivity contribution in [3.8, 4) is 0 Å². The van der Waals surface area contributed by atoms with Crippen molar-refractivity contribution >= 4 is 11.8 Å². The van der Waals surface area contributed by atoms with Gasteiger partial charge in [-0.25, -0.2) is 0 Å². The van der Waals surface area contributed by atoms with Gasteiger partial charge in [0.05, 0.1) is 5.92 Å². The van der Waals surface area contributed by atoms with E-state index >= 15 is 0 Å². The average molecular weight is 302 g/mol. The summed E-state index contributed by atoms with van der Waals surface area (Å²) in [6.45, 7) is 3.38. The number of likely N-dealkylation sites (tertiary alicyclic amines) is 1. The lowest BCUT2D eigenvalue weighted by Crippen LogP contribution is -2.44. The number of hydrogen-bond donors (Lipinski definition) is 1. The molecule has 1 aliphatic heterocycles. The van der Waals surface area contributed by atoms with Crippen molar-refractivity contribution in [3.63, 3.8) is 0 Å². The zero-order valence-corrected chi connectivity index (χ0v) is 13.3. The fraction of sp³-hybridized carbons (Fsp3) is 0.556. The minimum Gasteiger partial charge on any atom is -0.369 e. The molecule has 0 spiro atoms. The summed E-state index contributed by atoms with van der Waals surface area (Å²) in [6, 6.07) is 10.3. The highest BCUT2D eigenvalue weighted by molar-refractivity contribution is 5.80. The molecule has 2 amide bonds. The van der Waals surface area contributed by atoms with Gasteiger partial charge in [-0.15, -0.1) is 0 Å². The number of nitrogens with zero attached hydrogens (tertiary/aromatic N) is 1. The van der Waals surface area contributed by atoms with Gasteiger partial charge in [-0.2, -0.15) is 0 Å². The highest BCUT2D eigenvalue weighted by Crippen LogP contribution is 2.19. The molecule has 1 fully saturated rings. The first-order valence-electron chi connectivity index (χ1n) is 8.17. The van der Waals surface area contributed by atoms with Crippen LogP contribution in [0.2, 0.25) is 0 Å². The van der Waals surface area contributed by atoms with Crippen molar-refractivity contribution in [2.45, 2.75) is 39.0 Å². The number of primary amides is 1. The number of carbonyl (C=O) groups is 2. The molecule has 4 nitrogen and oxygen atoms in total. The first-order valence-corrected chi connectivity index (χ1v) is 8.17. The second-order valence-corrected chi connectivity index (χ2v) is 6.41. The smallest absolute Gasteiger partial charge is 0.222 e. The lowest BCUT2D eigenvalue weighted by atomic mass is 9.94. The maximum atomic E-state index is 12.4. The summed E-state index contributed by atoms with van der Waals surface area (Å²) in [5.74, 6) is 0.0557. The Bertz CT molecular complexity index is 501. The molecule has 0 saturated carbocycles. The van der Waals surface area contributed by atoms with Crippen LogP contribution in [0.3, 0.4) is 0 Å². The van der Waals surface area contributed by atoms with E-state index in [0.29, 0.717) is 18.9 Å². The normalized spacial score (nSPS) is 19.7. The monoisotopic (exact) mass is 302 g/mol. The second-order valence-electron chi connectivity index (χ2n) is 6.41. The van der Waals surface area contributed by atoms with Crippen LogP contribution in [-0.2, 0) is 16.0 Å². The van der Waals surface area contributed by atoms with Gasteiger partial charge in [0.2, 0.25) is 11.8 Å². The van der Waals surface area contributed by atoms with Crippen molar-refractivity contribution in [2.24, 2.45) is 17.6 Å². The minimum absolute atomic E-state index is 0.159. The molecule has 120 valence electrons. The molecule has 1 aromatic rings. The van der Waals surface area contributed by atoms with Crippen LogP contribution in [-0.4, -0.2) is 29.8 Å². The number of aryl methyl sites for hydroxylation is 1. The third-order valence-corrected chi connectivity index (χ3v) is 4.47. The Kier molecular flexibility index (Phi) is 5.99. The van der Waals surface area contributed by atoms with E-state index in [1.54, 1.807) is 0 Å². The van der Waals surface area contributed by atoms with E-state index in [4.69, 9.17) is 5.73 Å². The van der Waals surface area contributed by atoms with Crippen LogP contribution in [0.1, 0.15) is 38.2 Å². The molecule has 0 aliphatic carbocycles. The van der Waals surface area contributed by atoms with E-state index in [0.717, 1.165) is 32.2 Å². The standard InChI is InChI=1S/C18H26N2O2/c1-14(9-10-15-6-3-2-4-7-15)12-17(21)20-11-5-8-16(13-20)18(19)22/h2-4,6-7,14,16H,5,8-13H2,1H3,(H2,19,22). The molecule has 0 radical (unpaired) electrons. The van der Waals surface area contributed by atoms with Gasteiger partial charge >= 0.3 is 0 Å². The summed E-state index contributed by atoms with van der Waals surface area (Å²) >= 11 is 0. The van der Waals surface area contributed by atoms with Gasteiger partial charge in [0.1, 0.15) is 0 Å². The summed E-state index contributed by atoms with van der Waals surface area (Å²) in [6.07, 6.45) is 4.24. The molecule has 4 heteroatoms. The third kappa shape index (κ3) is 4.86. The summed E-state index contributed by atoms with van der Waals surface area (Å²) in [5.41, 5.74) is 6.68. The van der Waals surface area contributed by atoms with E-state index in [1.165, 1.54) is 5.56 Å². The fourth-order valence-corrected chi connectivity index (χ4v) is 3.02. The Labute approximate surface area is 132 Å². The Morgan fingerprint density at radius 2 is 2.05 bits per heavy atom. The van der Waals surface area contributed by atoms with Gasteiger partial charge in [0.15, 0.2) is 0 Å². The number of hydrogen-bond acceptors (Lipinski definition) is 2. The molecule has 0 bridgehead atoms. The molecule has 2 N–H and O–H groups in total. The van der Waals surface area contributed by atoms with E-state index in [1.807, 2.05) is 23.1 Å². The van der Waals surface area contributed by atoms with Crippen LogP contribution in [0.15, 0.2) is 30.3 Å². The third-order valence-electron chi connectivity index (χ3n) is 4.47. The Morgan fingerprint density at radius 1 is 1.32 bits per heavy atom. The zero-order valence-electron chi connectivity index (χ0n) is 13.3. The van der Waals surface area contributed by atoms with Crippen molar-refractivity contribution in [1.29, 1.82) is 0 Å². The fourth-order valence-electron chi connectivity index (χ4n) is 3.02. The number of piperidine rings is 1. The van der Waals surface area contributed by atoms with Crippen molar-refractivity contribution in [2.75, 3.05) is 13.1 Å². The summed E-state index contributed by atoms with van der Waals surface area (Å²) in [5, 5.41) is 0. The Morgan fingerprint density at radius 3 is 2.73 bits per heavy atom. The molecule has 2 atom stereocenters. The molecule has 0 aromatic heterocycles. The summed E-state index contributed by atoms with van der Waals surface area (Å²) in [4.78, 5) is 25.5. The summed E-state index contributed by atoms with van der Waals surface area (Å²) < 4.78 is 0. The first-order chi connectivity index (χ1) is 10.6. The van der Waals surface area contributed by atoms with Crippen molar-refractivity contribution in [1.82, 2.24) is 4.90 Å². The van der Waals surface area contributed by atoms with Crippen molar-refractivity contribution < 1.29 is 9.59 Å². The zero-order chi connectivity index (χ0) is 15.9. The largest absolute Gasteiger partial charge is 0.369 e. The highest BCUT2D eigenvalue weighted by Gasteiger charge is 2.27. The lowest BCUT2D eigenvalue weighted by Gasteiger charge is -2.32. The van der Waals surface area contributed by atoms with Crippen molar-refractivity contribution in [3.05, 3.63) is 35.9 Å². The SMILES string of the molecule is CC(CCc1ccccc1)CC(=O)N1CCCC(C(N)=O)C1. The molecular weight excluding hydrogens is 276 g/mol. The lowest BCUT2D eigenvalue weighted by molar-refractivity contribution is -0.135. The van der Waals surface area contributed by atoms with Gasteiger partial charge in [0.25, 0.3) is 0 Å². The summed E-state index contributed by atoms with van der Waals surface area (Å²) in [7, 11) is 0. The Balaban J connectivity index is 1.77. The van der Waals surface area contributed by atoms with Crippen LogP contribution in [0.25, 0.3) is 0 Å².